The zero-order valence-electron chi connectivity index (χ0n) is 17.6. The number of hydrogen-bond donors (Lipinski definition) is 1. The molecule has 0 amide bonds. The van der Waals surface area contributed by atoms with Crippen molar-refractivity contribution in [3.05, 3.63) is 70.8 Å². The third kappa shape index (κ3) is 2.36. The Kier molecular flexibility index (Phi) is 4.62. The van der Waals surface area contributed by atoms with Gasteiger partial charge < -0.3 is 9.47 Å². The summed E-state index contributed by atoms with van der Waals surface area (Å²) >= 11 is 0. The molecule has 0 aliphatic carbocycles. The van der Waals surface area contributed by atoms with Gasteiger partial charge >= 0.3 is 0 Å². The van der Waals surface area contributed by atoms with E-state index in [9.17, 15) is 15.8 Å². The molecule has 1 N–H and O–H groups in total. The maximum atomic E-state index is 10.5. The van der Waals surface area contributed by atoms with Crippen LogP contribution in [0.2, 0.25) is 0 Å². The van der Waals surface area contributed by atoms with Gasteiger partial charge in [0.1, 0.15) is 6.10 Å². The Hall–Kier alpha value is -3.66. The Labute approximate surface area is 181 Å². The Balaban J connectivity index is 2.10. The lowest BCUT2D eigenvalue weighted by Crippen LogP contribution is -2.58. The molecule has 4 atom stereocenters. The van der Waals surface area contributed by atoms with Gasteiger partial charge in [0.2, 0.25) is 17.1 Å². The average Bonchev–Trinajstić information content (AvgIpc) is 3.00. The highest BCUT2D eigenvalue weighted by Gasteiger charge is 2.80. The summed E-state index contributed by atoms with van der Waals surface area (Å²) < 4.78 is 12.7. The predicted octanol–water partition coefficient (Wildman–Crippen LogP) is 4.80. The van der Waals surface area contributed by atoms with E-state index in [-0.39, 0.29) is 5.90 Å². The van der Waals surface area contributed by atoms with Gasteiger partial charge in [-0.15, -0.1) is 0 Å². The van der Waals surface area contributed by atoms with Gasteiger partial charge in [-0.2, -0.15) is 15.8 Å². The molecule has 2 aromatic carbocycles. The summed E-state index contributed by atoms with van der Waals surface area (Å²) in [4.78, 5) is 0. The van der Waals surface area contributed by atoms with Gasteiger partial charge in [-0.1, -0.05) is 61.0 Å². The molecule has 0 radical (unpaired) electrons. The Morgan fingerprint density at radius 2 is 1.68 bits per heavy atom. The van der Waals surface area contributed by atoms with Gasteiger partial charge in [0.15, 0.2) is 5.41 Å². The highest BCUT2D eigenvalue weighted by Crippen LogP contribution is 2.70. The first-order chi connectivity index (χ1) is 14.9. The maximum Gasteiger partial charge on any atom is 0.244 e. The summed E-state index contributed by atoms with van der Waals surface area (Å²) in [6, 6.07) is 21.4. The molecule has 2 saturated heterocycles. The van der Waals surface area contributed by atoms with Crippen LogP contribution in [0.5, 0.6) is 0 Å². The summed E-state index contributed by atoms with van der Waals surface area (Å²) in [6.07, 6.45) is -0.692. The molecule has 2 aromatic rings. The molecule has 2 heterocycles. The second-order valence-corrected chi connectivity index (χ2v) is 8.23. The summed E-state index contributed by atoms with van der Waals surface area (Å²) in [5, 5.41) is 39.9. The molecular weight excluding hydrogens is 388 g/mol. The van der Waals surface area contributed by atoms with Crippen molar-refractivity contribution in [3.63, 3.8) is 0 Å². The van der Waals surface area contributed by atoms with Crippen molar-refractivity contribution in [2.45, 2.75) is 39.1 Å². The first kappa shape index (κ1) is 20.6. The molecular formula is C25H22N4O2. The van der Waals surface area contributed by atoms with E-state index in [4.69, 9.17) is 14.9 Å². The van der Waals surface area contributed by atoms with Gasteiger partial charge in [0, 0.05) is 5.56 Å². The maximum absolute atomic E-state index is 10.5. The number of aryl methyl sites for hydroxylation is 2. The van der Waals surface area contributed by atoms with Crippen LogP contribution in [0.25, 0.3) is 0 Å². The third-order valence-electron chi connectivity index (χ3n) is 6.73. The molecule has 2 bridgehead atoms. The monoisotopic (exact) mass is 410 g/mol. The zero-order chi connectivity index (χ0) is 22.4. The van der Waals surface area contributed by atoms with Gasteiger partial charge in [-0.3, -0.25) is 5.41 Å². The molecule has 154 valence electrons. The first-order valence-corrected chi connectivity index (χ1v) is 10.2. The van der Waals surface area contributed by atoms with E-state index in [1.165, 1.54) is 0 Å². The SMILES string of the molecule is CCC1C2(c3ccccc3)OC(=N)C1(C#N)C(C#N)(C#N)C(c1cc(C)ccc1C)O2. The van der Waals surface area contributed by atoms with Crippen LogP contribution < -0.4 is 0 Å². The van der Waals surface area contributed by atoms with Crippen LogP contribution >= 0.6 is 0 Å². The molecule has 2 aliphatic heterocycles. The molecule has 6 nitrogen and oxygen atoms in total. The molecule has 0 spiro atoms. The van der Waals surface area contributed by atoms with E-state index in [0.29, 0.717) is 17.5 Å². The molecule has 4 unspecified atom stereocenters. The topological polar surface area (TPSA) is 114 Å². The Morgan fingerprint density at radius 1 is 1.00 bits per heavy atom. The fraction of sp³-hybridized carbons (Fsp3) is 0.360. The van der Waals surface area contributed by atoms with Crippen molar-refractivity contribution in [2.75, 3.05) is 0 Å². The summed E-state index contributed by atoms with van der Waals surface area (Å²) in [5.74, 6) is -2.54. The van der Waals surface area contributed by atoms with E-state index in [1.54, 1.807) is 0 Å². The molecule has 4 rings (SSSR count). The van der Waals surface area contributed by atoms with Crippen molar-refractivity contribution >= 4 is 5.90 Å². The number of nitrogens with zero attached hydrogens (tertiary/aromatic N) is 3. The van der Waals surface area contributed by atoms with E-state index in [1.807, 2.05) is 69.3 Å². The van der Waals surface area contributed by atoms with Crippen molar-refractivity contribution < 1.29 is 9.47 Å². The standard InChI is InChI=1S/C25H22N4O2/c1-4-20-24(15-28)22(29)31-25(20,18-8-6-5-7-9-18)30-21(23(24,13-26)14-27)19-12-16(2)10-11-17(19)3/h5-12,20-21,29H,4H2,1-3H3. The van der Waals surface area contributed by atoms with Gasteiger partial charge in [-0.05, 0) is 31.4 Å². The van der Waals surface area contributed by atoms with Crippen molar-refractivity contribution in [1.82, 2.24) is 0 Å². The first-order valence-electron chi connectivity index (χ1n) is 10.2. The quantitative estimate of drug-likeness (QED) is 0.780. The molecule has 2 fully saturated rings. The van der Waals surface area contributed by atoms with Crippen LogP contribution in [0.3, 0.4) is 0 Å². The summed E-state index contributed by atoms with van der Waals surface area (Å²) in [5.41, 5.74) is -0.649. The number of nitrogens with one attached hydrogen (secondary N) is 1. The lowest BCUT2D eigenvalue weighted by atomic mass is 9.52. The zero-order valence-corrected chi connectivity index (χ0v) is 17.6. The molecule has 6 heteroatoms. The van der Waals surface area contributed by atoms with E-state index < -0.39 is 28.6 Å². The predicted molar refractivity (Wildman–Crippen MR) is 112 cm³/mol. The minimum atomic E-state index is -1.95. The smallest absolute Gasteiger partial charge is 0.244 e. The second-order valence-electron chi connectivity index (χ2n) is 8.23. The minimum Gasteiger partial charge on any atom is -0.443 e. The van der Waals surface area contributed by atoms with Crippen molar-refractivity contribution in [1.29, 1.82) is 21.2 Å². The van der Waals surface area contributed by atoms with Crippen LogP contribution in [0.4, 0.5) is 0 Å². The number of hydrogen-bond acceptors (Lipinski definition) is 6. The number of rotatable bonds is 3. The van der Waals surface area contributed by atoms with Gasteiger partial charge in [-0.25, -0.2) is 0 Å². The number of ether oxygens (including phenoxy) is 2. The summed E-state index contributed by atoms with van der Waals surface area (Å²) in [7, 11) is 0. The highest BCUT2D eigenvalue weighted by molar-refractivity contribution is 5.89. The third-order valence-corrected chi connectivity index (χ3v) is 6.73. The molecule has 0 aromatic heterocycles. The van der Waals surface area contributed by atoms with E-state index in [2.05, 4.69) is 18.2 Å². The highest BCUT2D eigenvalue weighted by atomic mass is 16.7. The number of fused-ring (bicyclic) bond motifs is 2. The minimum absolute atomic E-state index is 0.384. The molecule has 0 saturated carbocycles. The van der Waals surface area contributed by atoms with Crippen molar-refractivity contribution in [2.24, 2.45) is 16.7 Å². The second kappa shape index (κ2) is 6.95. The molecule has 31 heavy (non-hydrogen) atoms. The number of nitriles is 3. The largest absolute Gasteiger partial charge is 0.443 e. The molecule has 2 aliphatic rings. The van der Waals surface area contributed by atoms with Gasteiger partial charge in [0.05, 0.1) is 24.1 Å². The average molecular weight is 410 g/mol. The Morgan fingerprint density at radius 3 is 2.26 bits per heavy atom. The lowest BCUT2D eigenvalue weighted by molar-refractivity contribution is -0.293. The fourth-order valence-electron chi connectivity index (χ4n) is 5.22. The normalized spacial score (nSPS) is 30.5. The lowest BCUT2D eigenvalue weighted by Gasteiger charge is -2.50. The van der Waals surface area contributed by atoms with Gasteiger partial charge in [0.25, 0.3) is 0 Å². The van der Waals surface area contributed by atoms with E-state index >= 15 is 0 Å². The van der Waals surface area contributed by atoms with E-state index in [0.717, 1.165) is 11.1 Å². The van der Waals surface area contributed by atoms with Crippen LogP contribution in [0, 0.1) is 70.0 Å². The van der Waals surface area contributed by atoms with Crippen molar-refractivity contribution in [3.8, 4) is 18.2 Å². The van der Waals surface area contributed by atoms with Crippen LogP contribution in [0.15, 0.2) is 48.5 Å². The summed E-state index contributed by atoms with van der Waals surface area (Å²) in [6.45, 7) is 5.66. The number of benzene rings is 2. The van der Waals surface area contributed by atoms with Crippen LogP contribution in [-0.4, -0.2) is 5.90 Å². The van der Waals surface area contributed by atoms with Crippen LogP contribution in [0.1, 0.15) is 41.7 Å². The fourth-order valence-corrected chi connectivity index (χ4v) is 5.22. The Bertz CT molecular complexity index is 1170. The van der Waals surface area contributed by atoms with Crippen LogP contribution in [-0.2, 0) is 15.3 Å².